The smallest absolute Gasteiger partial charge is 0.256 e. The van der Waals surface area contributed by atoms with Crippen LogP contribution in [0.1, 0.15) is 58.2 Å². The van der Waals surface area contributed by atoms with Crippen LogP contribution in [0.3, 0.4) is 0 Å². The Hall–Kier alpha value is -6.68. The van der Waals surface area contributed by atoms with Crippen molar-refractivity contribution in [3.63, 3.8) is 0 Å². The van der Waals surface area contributed by atoms with Crippen LogP contribution in [0.15, 0.2) is 133 Å². The summed E-state index contributed by atoms with van der Waals surface area (Å²) in [5.41, 5.74) is 16.5. The number of benzene rings is 7. The molecule has 0 spiro atoms. The summed E-state index contributed by atoms with van der Waals surface area (Å²) in [5, 5.41) is 5.06. The first-order chi connectivity index (χ1) is 32.9. The molecule has 0 N–H and O–H groups in total. The zero-order valence-corrected chi connectivity index (χ0v) is 41.1. The van der Waals surface area contributed by atoms with Crippen LogP contribution in [0.5, 0.6) is 23.0 Å². The molecule has 0 saturated heterocycles. The molecule has 4 aliphatic rings. The Morgan fingerprint density at radius 2 is 0.838 bits per heavy atom. The molecule has 9 aromatic rings. The molecule has 9 heteroatoms. The number of aryl methyl sites for hydroxylation is 1. The molecule has 6 heterocycles. The van der Waals surface area contributed by atoms with Gasteiger partial charge in [0, 0.05) is 44.0 Å². The van der Waals surface area contributed by atoms with Gasteiger partial charge in [0.25, 0.3) is 6.71 Å². The van der Waals surface area contributed by atoms with Crippen molar-refractivity contribution in [2.24, 2.45) is 0 Å². The van der Waals surface area contributed by atoms with Crippen molar-refractivity contribution in [3.8, 4) is 45.3 Å². The van der Waals surface area contributed by atoms with Gasteiger partial charge in [0.15, 0.2) is 23.0 Å². The van der Waals surface area contributed by atoms with E-state index >= 15 is 0 Å². The van der Waals surface area contributed by atoms with Crippen LogP contribution in [0.2, 0.25) is 0 Å². The second-order valence-electron chi connectivity index (χ2n) is 20.6. The van der Waals surface area contributed by atoms with E-state index in [0.717, 1.165) is 68.0 Å². The monoisotopic (exact) mass is 926 g/mol. The highest BCUT2D eigenvalue weighted by Gasteiger charge is 2.48. The first-order valence-corrected chi connectivity index (χ1v) is 25.4. The van der Waals surface area contributed by atoms with E-state index in [1.54, 1.807) is 0 Å². The Bertz CT molecular complexity index is 3300. The van der Waals surface area contributed by atoms with Crippen LogP contribution in [-0.4, -0.2) is 33.1 Å². The molecule has 0 aliphatic carbocycles. The SMILES string of the molecule is Cc1cc2c3c(c1)N(c1cc4c(cc1-c1ccccc1)OCCO4)c1sc4ccc(C(C)(C)C)cc4c1B3c1c(sc3ccc(C(C)(C)C)cc13)N2c1cc2c(cc1-c1ccccc1)OCCO2. The molecule has 68 heavy (non-hydrogen) atoms. The molecule has 0 bridgehead atoms. The fraction of sp³-hybridized carbons (Fsp3) is 0.220. The van der Waals surface area contributed by atoms with Crippen molar-refractivity contribution in [1.82, 2.24) is 0 Å². The molecule has 0 atom stereocenters. The van der Waals surface area contributed by atoms with Crippen molar-refractivity contribution >= 4 is 98.7 Å². The van der Waals surface area contributed by atoms with Crippen molar-refractivity contribution in [3.05, 3.63) is 150 Å². The van der Waals surface area contributed by atoms with Gasteiger partial charge in [-0.15, -0.1) is 22.7 Å². The predicted molar refractivity (Wildman–Crippen MR) is 286 cm³/mol. The summed E-state index contributed by atoms with van der Waals surface area (Å²) in [5.74, 6) is 3.07. The Morgan fingerprint density at radius 3 is 1.24 bits per heavy atom. The van der Waals surface area contributed by atoms with Gasteiger partial charge in [-0.3, -0.25) is 0 Å². The minimum atomic E-state index is -0.0826. The summed E-state index contributed by atoms with van der Waals surface area (Å²) in [6.07, 6.45) is 0. The molecule has 0 amide bonds. The first-order valence-electron chi connectivity index (χ1n) is 23.8. The quantitative estimate of drug-likeness (QED) is 0.164. The number of fused-ring (bicyclic) bond motifs is 10. The van der Waals surface area contributed by atoms with E-state index in [9.17, 15) is 0 Å². The fourth-order valence-corrected chi connectivity index (χ4v) is 13.3. The molecule has 13 rings (SSSR count). The Kier molecular flexibility index (Phi) is 9.26. The van der Waals surface area contributed by atoms with Gasteiger partial charge in [-0.2, -0.15) is 0 Å². The third kappa shape index (κ3) is 6.42. The maximum absolute atomic E-state index is 6.46. The molecule has 0 unspecified atom stereocenters. The Labute approximate surface area is 406 Å². The summed E-state index contributed by atoms with van der Waals surface area (Å²) < 4.78 is 28.1. The maximum atomic E-state index is 6.46. The highest BCUT2D eigenvalue weighted by atomic mass is 32.1. The second-order valence-corrected chi connectivity index (χ2v) is 22.7. The second kappa shape index (κ2) is 15.2. The van der Waals surface area contributed by atoms with E-state index in [0.29, 0.717) is 26.4 Å². The minimum absolute atomic E-state index is 0.0505. The first kappa shape index (κ1) is 41.5. The van der Waals surface area contributed by atoms with E-state index in [-0.39, 0.29) is 17.5 Å². The number of hydrogen-bond donors (Lipinski definition) is 0. The molecule has 0 radical (unpaired) electrons. The van der Waals surface area contributed by atoms with E-state index < -0.39 is 0 Å². The average Bonchev–Trinajstić information content (AvgIpc) is 3.91. The third-order valence-corrected chi connectivity index (χ3v) is 16.5. The lowest BCUT2D eigenvalue weighted by molar-refractivity contribution is 0.172. The highest BCUT2D eigenvalue weighted by molar-refractivity contribution is 7.29. The number of ether oxygens (including phenoxy) is 4. The Balaban J connectivity index is 1.19. The predicted octanol–water partition coefficient (Wildman–Crippen LogP) is 14.0. The fourth-order valence-electron chi connectivity index (χ4n) is 10.8. The van der Waals surface area contributed by atoms with Gasteiger partial charge < -0.3 is 28.7 Å². The zero-order chi connectivity index (χ0) is 46.2. The van der Waals surface area contributed by atoms with Crippen molar-refractivity contribution < 1.29 is 18.9 Å². The van der Waals surface area contributed by atoms with Crippen molar-refractivity contribution in [2.45, 2.75) is 59.3 Å². The highest BCUT2D eigenvalue weighted by Crippen LogP contribution is 2.56. The van der Waals surface area contributed by atoms with Crippen LogP contribution in [0.4, 0.5) is 32.8 Å². The maximum Gasteiger partial charge on any atom is 0.256 e. The van der Waals surface area contributed by atoms with E-state index in [1.165, 1.54) is 63.3 Å². The Morgan fingerprint density at radius 1 is 0.441 bits per heavy atom. The van der Waals surface area contributed by atoms with Crippen LogP contribution in [-0.2, 0) is 10.8 Å². The van der Waals surface area contributed by atoms with Crippen molar-refractivity contribution in [2.75, 3.05) is 36.2 Å². The molecule has 0 fully saturated rings. The molecule has 0 saturated carbocycles. The summed E-state index contributed by atoms with van der Waals surface area (Å²) in [7, 11) is 0. The van der Waals surface area contributed by atoms with Gasteiger partial charge >= 0.3 is 0 Å². The lowest BCUT2D eigenvalue weighted by Gasteiger charge is -2.43. The van der Waals surface area contributed by atoms with E-state index in [4.69, 9.17) is 18.9 Å². The van der Waals surface area contributed by atoms with Gasteiger partial charge in [-0.05, 0) is 109 Å². The zero-order valence-electron chi connectivity index (χ0n) is 39.5. The standard InChI is InChI=1S/C59H51BN2O4S2/c1-34-26-45-55-46(27-34)62(44-33-50-48(64-23-25-66-50)31-40(44)36-16-12-9-13-17-36)57-54(42-29-38(59(5,6)7)19-21-52(42)68-57)60(55)53-41-28-37(58(2,3)4)18-20-51(41)67-56(53)61(45)43-32-49-47(63-22-24-65-49)30-39(43)35-14-10-8-11-15-35/h8-21,26-33H,22-25H2,1-7H3. The van der Waals surface area contributed by atoms with Crippen molar-refractivity contribution in [1.29, 1.82) is 0 Å². The van der Waals surface area contributed by atoms with Gasteiger partial charge in [0.2, 0.25) is 0 Å². The lowest BCUT2D eigenvalue weighted by atomic mass is 9.33. The molecule has 7 aromatic carbocycles. The van der Waals surface area contributed by atoms with Crippen LogP contribution in [0.25, 0.3) is 42.4 Å². The number of thiophene rings is 2. The van der Waals surface area contributed by atoms with E-state index in [2.05, 4.69) is 192 Å². The molecule has 336 valence electrons. The number of nitrogens with zero attached hydrogens (tertiary/aromatic N) is 2. The average molecular weight is 927 g/mol. The molecule has 6 nitrogen and oxygen atoms in total. The van der Waals surface area contributed by atoms with Crippen LogP contribution in [0, 0.1) is 6.92 Å². The normalized spacial score (nSPS) is 14.8. The number of rotatable bonds is 4. The summed E-state index contributed by atoms with van der Waals surface area (Å²) in [4.78, 5) is 5.14. The van der Waals surface area contributed by atoms with Gasteiger partial charge in [0.05, 0.1) is 21.4 Å². The largest absolute Gasteiger partial charge is 0.486 e. The van der Waals surface area contributed by atoms with Gasteiger partial charge in [-0.25, -0.2) is 0 Å². The van der Waals surface area contributed by atoms with E-state index in [1.807, 2.05) is 22.7 Å². The third-order valence-electron chi connectivity index (χ3n) is 14.2. The number of anilines is 6. The number of hydrogen-bond acceptors (Lipinski definition) is 8. The lowest BCUT2D eigenvalue weighted by Crippen LogP contribution is -2.60. The molecule has 4 aliphatic heterocycles. The van der Waals surface area contributed by atoms with Gasteiger partial charge in [-0.1, -0.05) is 126 Å². The summed E-state index contributed by atoms with van der Waals surface area (Å²) in [6.45, 7) is 18.2. The molecular formula is C59H51BN2O4S2. The molecular weight excluding hydrogens is 876 g/mol. The topological polar surface area (TPSA) is 43.4 Å². The van der Waals surface area contributed by atoms with Gasteiger partial charge in [0.1, 0.15) is 26.4 Å². The van der Waals surface area contributed by atoms with Crippen LogP contribution >= 0.6 is 22.7 Å². The van der Waals surface area contributed by atoms with Crippen LogP contribution < -0.4 is 45.1 Å². The summed E-state index contributed by atoms with van der Waals surface area (Å²) >= 11 is 3.79. The molecule has 2 aromatic heterocycles. The summed E-state index contributed by atoms with van der Waals surface area (Å²) in [6, 6.07) is 49.6. The minimum Gasteiger partial charge on any atom is -0.486 e.